The molecule has 0 atom stereocenters. The highest BCUT2D eigenvalue weighted by atomic mass is 15.3. The quantitative estimate of drug-likeness (QED) is 0.692. The molecule has 2 aromatic rings. The third-order valence-electron chi connectivity index (χ3n) is 1.89. The Morgan fingerprint density at radius 3 is 3.21 bits per heavy atom. The molecule has 0 aliphatic heterocycles. The van der Waals surface area contributed by atoms with E-state index in [2.05, 4.69) is 26.3 Å². The van der Waals surface area contributed by atoms with Gasteiger partial charge < -0.3 is 5.32 Å². The highest BCUT2D eigenvalue weighted by Crippen LogP contribution is 2.16. The SMILES string of the molecule is C#CCNc1ncnc2c1cnn2C. The molecule has 2 heterocycles. The van der Waals surface area contributed by atoms with Gasteiger partial charge in [-0.2, -0.15) is 5.10 Å². The van der Waals surface area contributed by atoms with Crippen molar-refractivity contribution in [3.05, 3.63) is 12.5 Å². The van der Waals surface area contributed by atoms with Crippen LogP contribution in [0.2, 0.25) is 0 Å². The molecule has 2 rings (SSSR count). The smallest absolute Gasteiger partial charge is 0.163 e. The van der Waals surface area contributed by atoms with Gasteiger partial charge >= 0.3 is 0 Å². The van der Waals surface area contributed by atoms with Crippen molar-refractivity contribution in [3.63, 3.8) is 0 Å². The number of rotatable bonds is 2. The molecule has 0 fully saturated rings. The molecule has 0 unspecified atom stereocenters. The third kappa shape index (κ3) is 1.27. The van der Waals surface area contributed by atoms with E-state index in [1.54, 1.807) is 10.9 Å². The fourth-order valence-electron chi connectivity index (χ4n) is 1.24. The summed E-state index contributed by atoms with van der Waals surface area (Å²) in [7, 11) is 1.83. The average molecular weight is 187 g/mol. The van der Waals surface area contributed by atoms with Gasteiger partial charge in [-0.25, -0.2) is 9.97 Å². The van der Waals surface area contributed by atoms with E-state index in [0.717, 1.165) is 16.9 Å². The van der Waals surface area contributed by atoms with Crippen LogP contribution in [0, 0.1) is 12.3 Å². The Bertz CT molecular complexity index is 493. The molecule has 0 aromatic carbocycles. The summed E-state index contributed by atoms with van der Waals surface area (Å²) < 4.78 is 1.69. The standard InChI is InChI=1S/C9H9N5/c1-3-4-10-8-7-5-13-14(2)9(7)12-6-11-8/h1,5-6H,4H2,2H3,(H,10,11,12). The van der Waals surface area contributed by atoms with Crippen LogP contribution in [0.15, 0.2) is 12.5 Å². The zero-order chi connectivity index (χ0) is 9.97. The second-order valence-electron chi connectivity index (χ2n) is 2.79. The first-order chi connectivity index (χ1) is 6.83. The number of aromatic nitrogens is 4. The van der Waals surface area contributed by atoms with Gasteiger partial charge in [0, 0.05) is 7.05 Å². The molecular weight excluding hydrogens is 178 g/mol. The Kier molecular flexibility index (Phi) is 2.03. The maximum absolute atomic E-state index is 5.15. The predicted octanol–water partition coefficient (Wildman–Crippen LogP) is 0.408. The van der Waals surface area contributed by atoms with Crippen LogP contribution in [0.25, 0.3) is 11.0 Å². The summed E-state index contributed by atoms with van der Waals surface area (Å²) in [5.41, 5.74) is 0.791. The molecule has 0 aliphatic rings. The second kappa shape index (κ2) is 3.34. The summed E-state index contributed by atoms with van der Waals surface area (Å²) in [6.07, 6.45) is 8.35. The summed E-state index contributed by atoms with van der Waals surface area (Å²) >= 11 is 0. The average Bonchev–Trinajstić information content (AvgIpc) is 2.58. The Balaban J connectivity index is 2.50. The summed E-state index contributed by atoms with van der Waals surface area (Å²) in [5, 5.41) is 7.98. The Morgan fingerprint density at radius 1 is 1.57 bits per heavy atom. The monoisotopic (exact) mass is 187 g/mol. The molecule has 5 heteroatoms. The molecule has 0 saturated carbocycles. The first kappa shape index (κ1) is 8.51. The zero-order valence-corrected chi connectivity index (χ0v) is 7.73. The number of anilines is 1. The van der Waals surface area contributed by atoms with Gasteiger partial charge in [0.2, 0.25) is 0 Å². The molecular formula is C9H9N5. The molecule has 2 aromatic heterocycles. The number of fused-ring (bicyclic) bond motifs is 1. The van der Waals surface area contributed by atoms with Crippen molar-refractivity contribution in [2.75, 3.05) is 11.9 Å². The fourth-order valence-corrected chi connectivity index (χ4v) is 1.24. The number of aryl methyl sites for hydroxylation is 1. The second-order valence-corrected chi connectivity index (χ2v) is 2.79. The van der Waals surface area contributed by atoms with E-state index < -0.39 is 0 Å². The molecule has 0 spiro atoms. The third-order valence-corrected chi connectivity index (χ3v) is 1.89. The normalized spacial score (nSPS) is 10.0. The van der Waals surface area contributed by atoms with E-state index in [9.17, 15) is 0 Å². The van der Waals surface area contributed by atoms with Crippen LogP contribution in [0.4, 0.5) is 5.82 Å². The Hall–Kier alpha value is -2.09. The van der Waals surface area contributed by atoms with Gasteiger partial charge in [0.05, 0.1) is 18.1 Å². The van der Waals surface area contributed by atoms with Crippen molar-refractivity contribution in [2.45, 2.75) is 0 Å². The van der Waals surface area contributed by atoms with E-state index >= 15 is 0 Å². The molecule has 0 aliphatic carbocycles. The highest BCUT2D eigenvalue weighted by molar-refractivity contribution is 5.85. The van der Waals surface area contributed by atoms with Crippen molar-refractivity contribution in [3.8, 4) is 12.3 Å². The summed E-state index contributed by atoms with van der Waals surface area (Å²) in [6.45, 7) is 0.445. The minimum absolute atomic E-state index is 0.445. The molecule has 14 heavy (non-hydrogen) atoms. The lowest BCUT2D eigenvalue weighted by Gasteiger charge is -2.01. The van der Waals surface area contributed by atoms with Crippen LogP contribution < -0.4 is 5.32 Å². The van der Waals surface area contributed by atoms with E-state index in [1.165, 1.54) is 6.33 Å². The molecule has 0 bridgehead atoms. The first-order valence-corrected chi connectivity index (χ1v) is 4.13. The lowest BCUT2D eigenvalue weighted by atomic mass is 10.4. The molecule has 70 valence electrons. The molecule has 1 N–H and O–H groups in total. The largest absolute Gasteiger partial charge is 0.358 e. The van der Waals surface area contributed by atoms with Gasteiger partial charge in [-0.15, -0.1) is 6.42 Å². The number of nitrogens with one attached hydrogen (secondary N) is 1. The number of hydrogen-bond acceptors (Lipinski definition) is 4. The number of hydrogen-bond donors (Lipinski definition) is 1. The molecule has 0 amide bonds. The topological polar surface area (TPSA) is 55.6 Å². The van der Waals surface area contributed by atoms with Crippen LogP contribution in [0.3, 0.4) is 0 Å². The van der Waals surface area contributed by atoms with Gasteiger partial charge in [0.1, 0.15) is 12.1 Å². The number of terminal acetylenes is 1. The van der Waals surface area contributed by atoms with Crippen LogP contribution in [-0.2, 0) is 7.05 Å². The van der Waals surface area contributed by atoms with Crippen molar-refractivity contribution in [1.82, 2.24) is 19.7 Å². The van der Waals surface area contributed by atoms with Crippen LogP contribution in [0.5, 0.6) is 0 Å². The van der Waals surface area contributed by atoms with Crippen LogP contribution in [0.1, 0.15) is 0 Å². The Labute approximate surface area is 81.2 Å². The zero-order valence-electron chi connectivity index (χ0n) is 7.73. The first-order valence-electron chi connectivity index (χ1n) is 4.13. The molecule has 0 radical (unpaired) electrons. The predicted molar refractivity (Wildman–Crippen MR) is 53.6 cm³/mol. The summed E-state index contributed by atoms with van der Waals surface area (Å²) in [5.74, 6) is 3.21. The van der Waals surface area contributed by atoms with Crippen LogP contribution >= 0.6 is 0 Å². The van der Waals surface area contributed by atoms with Gasteiger partial charge in [-0.05, 0) is 0 Å². The highest BCUT2D eigenvalue weighted by Gasteiger charge is 2.05. The minimum Gasteiger partial charge on any atom is -0.358 e. The van der Waals surface area contributed by atoms with Gasteiger partial charge in [0.15, 0.2) is 5.65 Å². The maximum Gasteiger partial charge on any atom is 0.163 e. The van der Waals surface area contributed by atoms with Gasteiger partial charge in [-0.1, -0.05) is 5.92 Å². The van der Waals surface area contributed by atoms with Crippen molar-refractivity contribution >= 4 is 16.9 Å². The van der Waals surface area contributed by atoms with E-state index in [1.807, 2.05) is 7.05 Å². The van der Waals surface area contributed by atoms with Crippen molar-refractivity contribution in [2.24, 2.45) is 7.05 Å². The van der Waals surface area contributed by atoms with E-state index in [0.29, 0.717) is 6.54 Å². The molecule has 5 nitrogen and oxygen atoms in total. The Morgan fingerprint density at radius 2 is 2.43 bits per heavy atom. The van der Waals surface area contributed by atoms with E-state index in [4.69, 9.17) is 6.42 Å². The lowest BCUT2D eigenvalue weighted by Crippen LogP contribution is -2.02. The summed E-state index contributed by atoms with van der Waals surface area (Å²) in [6, 6.07) is 0. The maximum atomic E-state index is 5.15. The summed E-state index contributed by atoms with van der Waals surface area (Å²) in [4.78, 5) is 8.19. The fraction of sp³-hybridized carbons (Fsp3) is 0.222. The van der Waals surface area contributed by atoms with Crippen LogP contribution in [-0.4, -0.2) is 26.3 Å². The van der Waals surface area contributed by atoms with Gasteiger partial charge in [-0.3, -0.25) is 4.68 Å². The minimum atomic E-state index is 0.445. The van der Waals surface area contributed by atoms with Crippen molar-refractivity contribution < 1.29 is 0 Å². The van der Waals surface area contributed by atoms with E-state index in [-0.39, 0.29) is 0 Å². The van der Waals surface area contributed by atoms with Gasteiger partial charge in [0.25, 0.3) is 0 Å². The number of nitrogens with zero attached hydrogens (tertiary/aromatic N) is 4. The lowest BCUT2D eigenvalue weighted by molar-refractivity contribution is 0.785. The molecule has 0 saturated heterocycles. The van der Waals surface area contributed by atoms with Crippen molar-refractivity contribution in [1.29, 1.82) is 0 Å².